The monoisotopic (exact) mass is 398 g/mol. The molecule has 3 rings (SSSR count). The molecule has 0 saturated carbocycles. The molecule has 1 saturated heterocycles. The van der Waals surface area contributed by atoms with Gasteiger partial charge in [-0.15, -0.1) is 0 Å². The number of nitrogens with two attached hydrogens (primary N) is 1. The molecular formula is C24H35FN4. The minimum atomic E-state index is -0.182. The number of aryl methyl sites for hydroxylation is 2. The van der Waals surface area contributed by atoms with Gasteiger partial charge in [0.15, 0.2) is 0 Å². The lowest BCUT2D eigenvalue weighted by molar-refractivity contribution is 0.258. The standard InChI is InChI=1S/C24H33FN4.H2/c1-16-8-6-10-21(25)24(16)18-12-17(2)20(14-23(26)27-3)22(13-18)29-11-7-9-19(15-29)28(4)5;/h6,8,10,12-14,19,27H,7,9,11,15,26H2,1-5H3;1H/b23-14+;/t19-;/m0./s1. The maximum absolute atomic E-state index is 14.7. The molecule has 2 aromatic rings. The number of halogens is 1. The first-order valence-corrected chi connectivity index (χ1v) is 10.3. The number of likely N-dealkylation sites (N-methyl/N-ethyl adjacent to an activating group) is 1. The van der Waals surface area contributed by atoms with Crippen molar-refractivity contribution in [2.75, 3.05) is 39.1 Å². The van der Waals surface area contributed by atoms with Gasteiger partial charge in [-0.1, -0.05) is 18.2 Å². The van der Waals surface area contributed by atoms with E-state index in [1.54, 1.807) is 6.07 Å². The minimum absolute atomic E-state index is 0. The highest BCUT2D eigenvalue weighted by molar-refractivity contribution is 5.80. The van der Waals surface area contributed by atoms with E-state index in [-0.39, 0.29) is 7.24 Å². The van der Waals surface area contributed by atoms with Crippen LogP contribution >= 0.6 is 0 Å². The first kappa shape index (κ1) is 21.2. The van der Waals surface area contributed by atoms with E-state index in [0.717, 1.165) is 47.5 Å². The summed E-state index contributed by atoms with van der Waals surface area (Å²) in [6.07, 6.45) is 4.32. The van der Waals surface area contributed by atoms with Gasteiger partial charge < -0.3 is 20.9 Å². The summed E-state index contributed by atoms with van der Waals surface area (Å²) in [6.45, 7) is 5.98. The lowest BCUT2D eigenvalue weighted by Gasteiger charge is -2.38. The van der Waals surface area contributed by atoms with Crippen LogP contribution in [0.25, 0.3) is 17.2 Å². The van der Waals surface area contributed by atoms with E-state index in [2.05, 4.69) is 48.3 Å². The maximum Gasteiger partial charge on any atom is 0.131 e. The molecule has 1 aliphatic heterocycles. The summed E-state index contributed by atoms with van der Waals surface area (Å²) in [5, 5.41) is 3.01. The third kappa shape index (κ3) is 4.56. The van der Waals surface area contributed by atoms with Gasteiger partial charge in [0, 0.05) is 44.4 Å². The van der Waals surface area contributed by atoms with Crippen LogP contribution in [-0.4, -0.2) is 45.2 Å². The zero-order valence-electron chi connectivity index (χ0n) is 18.2. The van der Waals surface area contributed by atoms with Gasteiger partial charge in [-0.05, 0) is 75.7 Å². The van der Waals surface area contributed by atoms with Crippen molar-refractivity contribution >= 4 is 11.8 Å². The third-order valence-corrected chi connectivity index (χ3v) is 5.93. The summed E-state index contributed by atoms with van der Waals surface area (Å²) in [5.41, 5.74) is 11.9. The molecule has 0 spiro atoms. The highest BCUT2D eigenvalue weighted by atomic mass is 19.1. The lowest BCUT2D eigenvalue weighted by Crippen LogP contribution is -2.45. The van der Waals surface area contributed by atoms with Crippen molar-refractivity contribution in [1.29, 1.82) is 0 Å². The number of benzene rings is 2. The largest absolute Gasteiger partial charge is 0.386 e. The molecule has 0 unspecified atom stereocenters. The predicted molar refractivity (Wildman–Crippen MR) is 124 cm³/mol. The van der Waals surface area contributed by atoms with Crippen LogP contribution in [0.4, 0.5) is 10.1 Å². The average molecular weight is 399 g/mol. The van der Waals surface area contributed by atoms with Gasteiger partial charge in [-0.3, -0.25) is 0 Å². The Morgan fingerprint density at radius 1 is 1.28 bits per heavy atom. The van der Waals surface area contributed by atoms with Gasteiger partial charge in [-0.2, -0.15) is 0 Å². The molecule has 1 fully saturated rings. The van der Waals surface area contributed by atoms with E-state index in [0.29, 0.717) is 17.4 Å². The van der Waals surface area contributed by atoms with E-state index in [1.165, 1.54) is 12.5 Å². The summed E-state index contributed by atoms with van der Waals surface area (Å²) in [5.74, 6) is 0.434. The van der Waals surface area contributed by atoms with Crippen LogP contribution in [0.2, 0.25) is 0 Å². The van der Waals surface area contributed by atoms with Crippen molar-refractivity contribution in [2.45, 2.75) is 32.7 Å². The summed E-state index contributed by atoms with van der Waals surface area (Å²) >= 11 is 0. The van der Waals surface area contributed by atoms with Gasteiger partial charge in [0.05, 0.1) is 5.82 Å². The highest BCUT2D eigenvalue weighted by Crippen LogP contribution is 2.36. The number of piperidine rings is 1. The molecule has 0 aromatic heterocycles. The fraction of sp³-hybridized carbons (Fsp3) is 0.417. The van der Waals surface area contributed by atoms with E-state index in [4.69, 9.17) is 5.73 Å². The third-order valence-electron chi connectivity index (χ3n) is 5.93. The Balaban J connectivity index is 0.00000320. The van der Waals surface area contributed by atoms with Crippen LogP contribution in [-0.2, 0) is 0 Å². The number of hydrogen-bond donors (Lipinski definition) is 2. The lowest BCUT2D eigenvalue weighted by atomic mass is 9.93. The second kappa shape index (κ2) is 8.87. The molecule has 4 nitrogen and oxygen atoms in total. The molecule has 0 amide bonds. The number of rotatable bonds is 5. The average Bonchev–Trinajstić information content (AvgIpc) is 2.69. The van der Waals surface area contributed by atoms with Crippen LogP contribution < -0.4 is 16.0 Å². The molecule has 2 aromatic carbocycles. The van der Waals surface area contributed by atoms with Gasteiger partial charge in [-0.25, -0.2) is 4.39 Å². The Labute approximate surface area is 175 Å². The van der Waals surface area contributed by atoms with Gasteiger partial charge in [0.25, 0.3) is 0 Å². The normalized spacial score (nSPS) is 17.7. The molecule has 0 bridgehead atoms. The molecule has 0 aliphatic carbocycles. The molecule has 29 heavy (non-hydrogen) atoms. The zero-order chi connectivity index (χ0) is 21.1. The van der Waals surface area contributed by atoms with Crippen LogP contribution in [0.3, 0.4) is 0 Å². The van der Waals surface area contributed by atoms with Gasteiger partial charge in [0.2, 0.25) is 0 Å². The molecule has 1 heterocycles. The van der Waals surface area contributed by atoms with Crippen molar-refractivity contribution < 1.29 is 5.82 Å². The van der Waals surface area contributed by atoms with E-state index in [9.17, 15) is 4.39 Å². The highest BCUT2D eigenvalue weighted by Gasteiger charge is 2.24. The fourth-order valence-electron chi connectivity index (χ4n) is 4.19. The van der Waals surface area contributed by atoms with E-state index in [1.807, 2.05) is 26.1 Å². The smallest absolute Gasteiger partial charge is 0.131 e. The zero-order valence-corrected chi connectivity index (χ0v) is 18.2. The van der Waals surface area contributed by atoms with E-state index < -0.39 is 0 Å². The maximum atomic E-state index is 14.7. The van der Waals surface area contributed by atoms with Crippen LogP contribution in [0.1, 0.15) is 31.0 Å². The Morgan fingerprint density at radius 3 is 2.69 bits per heavy atom. The van der Waals surface area contributed by atoms with Gasteiger partial charge in [0.1, 0.15) is 5.82 Å². The van der Waals surface area contributed by atoms with Crippen molar-refractivity contribution in [3.63, 3.8) is 0 Å². The Bertz CT molecular complexity index is 890. The molecule has 5 heteroatoms. The van der Waals surface area contributed by atoms with Crippen molar-refractivity contribution in [3.8, 4) is 11.1 Å². The Morgan fingerprint density at radius 2 is 2.03 bits per heavy atom. The van der Waals surface area contributed by atoms with Crippen molar-refractivity contribution in [3.05, 3.63) is 58.7 Å². The SMILES string of the molecule is CN/C(N)=C/c1c(C)cc(-c2c(C)cccc2F)cc1N1CCC[C@H](N(C)C)C1.[HH]. The molecule has 0 radical (unpaired) electrons. The van der Waals surface area contributed by atoms with Crippen molar-refractivity contribution in [1.82, 2.24) is 10.2 Å². The second-order valence-corrected chi connectivity index (χ2v) is 8.21. The summed E-state index contributed by atoms with van der Waals surface area (Å²) in [7, 11) is 6.09. The van der Waals surface area contributed by atoms with Crippen molar-refractivity contribution in [2.24, 2.45) is 5.73 Å². The number of anilines is 1. The topological polar surface area (TPSA) is 44.5 Å². The molecule has 158 valence electrons. The van der Waals surface area contributed by atoms with Crippen LogP contribution in [0.5, 0.6) is 0 Å². The molecular weight excluding hydrogens is 363 g/mol. The summed E-state index contributed by atoms with van der Waals surface area (Å²) < 4.78 is 14.7. The Hall–Kier alpha value is -2.53. The van der Waals surface area contributed by atoms with Crippen LogP contribution in [0, 0.1) is 19.7 Å². The predicted octanol–water partition coefficient (Wildman–Crippen LogP) is 4.36. The number of nitrogens with one attached hydrogen (secondary N) is 1. The minimum Gasteiger partial charge on any atom is -0.386 e. The second-order valence-electron chi connectivity index (χ2n) is 8.21. The first-order chi connectivity index (χ1) is 13.8. The molecule has 1 atom stereocenters. The summed E-state index contributed by atoms with van der Waals surface area (Å²) in [6, 6.07) is 9.96. The molecule has 1 aliphatic rings. The van der Waals surface area contributed by atoms with E-state index >= 15 is 0 Å². The number of hydrogen-bond acceptors (Lipinski definition) is 4. The van der Waals surface area contributed by atoms with Gasteiger partial charge >= 0.3 is 0 Å². The summed E-state index contributed by atoms with van der Waals surface area (Å²) in [4.78, 5) is 4.72. The van der Waals surface area contributed by atoms with Crippen LogP contribution in [0.15, 0.2) is 36.2 Å². The quantitative estimate of drug-likeness (QED) is 0.785. The molecule has 3 N–H and O–H groups in total. The first-order valence-electron chi connectivity index (χ1n) is 10.3. The fourth-order valence-corrected chi connectivity index (χ4v) is 4.19. The number of nitrogens with zero attached hydrogens (tertiary/aromatic N) is 2. The Kier molecular flexibility index (Phi) is 6.48.